The van der Waals surface area contributed by atoms with E-state index in [1.807, 2.05) is 18.5 Å². The average molecular weight is 241 g/mol. The summed E-state index contributed by atoms with van der Waals surface area (Å²) in [4.78, 5) is 6.60. The van der Waals surface area contributed by atoms with Crippen molar-refractivity contribution in [3.8, 4) is 0 Å². The molecule has 2 nitrogen and oxygen atoms in total. The van der Waals surface area contributed by atoms with E-state index in [0.29, 0.717) is 0 Å². The van der Waals surface area contributed by atoms with Gasteiger partial charge in [0.2, 0.25) is 0 Å². The lowest BCUT2D eigenvalue weighted by Crippen LogP contribution is -2.18. The van der Waals surface area contributed by atoms with E-state index in [0.717, 1.165) is 6.54 Å². The van der Waals surface area contributed by atoms with E-state index >= 15 is 0 Å². The van der Waals surface area contributed by atoms with Gasteiger partial charge in [-0.2, -0.15) is 0 Å². The highest BCUT2D eigenvalue weighted by Crippen LogP contribution is 2.18. The highest BCUT2D eigenvalue weighted by Gasteiger charge is 2.12. The van der Waals surface area contributed by atoms with Gasteiger partial charge in [-0.15, -0.1) is 0 Å². The molecule has 1 aliphatic rings. The third-order valence-electron chi connectivity index (χ3n) is 2.44. The van der Waals surface area contributed by atoms with E-state index < -0.39 is 0 Å². The first-order valence-corrected chi connectivity index (χ1v) is 5.46. The van der Waals surface area contributed by atoms with Gasteiger partial charge in [0.25, 0.3) is 0 Å². The molecule has 2 heterocycles. The molecule has 0 radical (unpaired) electrons. The van der Waals surface area contributed by atoms with E-state index in [-0.39, 0.29) is 0 Å². The molecule has 1 saturated heterocycles. The molecule has 2 rings (SSSR count). The van der Waals surface area contributed by atoms with Crippen LogP contribution in [0, 0.1) is 0 Å². The van der Waals surface area contributed by atoms with Crippen LogP contribution in [0.25, 0.3) is 0 Å². The first-order valence-electron chi connectivity index (χ1n) is 4.67. The molecule has 0 bridgehead atoms. The van der Waals surface area contributed by atoms with Gasteiger partial charge in [-0.3, -0.25) is 9.88 Å². The van der Waals surface area contributed by atoms with Crippen LogP contribution in [-0.2, 0) is 6.54 Å². The number of aromatic nitrogens is 1. The third kappa shape index (κ3) is 2.29. The molecule has 1 aromatic heterocycles. The van der Waals surface area contributed by atoms with Crippen molar-refractivity contribution in [1.82, 2.24) is 9.88 Å². The maximum Gasteiger partial charge on any atom is 0.0324 e. The molecule has 0 spiro atoms. The molecule has 0 aliphatic carbocycles. The third-order valence-corrected chi connectivity index (χ3v) is 3.21. The highest BCUT2D eigenvalue weighted by molar-refractivity contribution is 9.10. The maximum absolute atomic E-state index is 4.13. The lowest BCUT2D eigenvalue weighted by molar-refractivity contribution is 0.330. The smallest absolute Gasteiger partial charge is 0.0324 e. The molecular formula is C10H13BrN2. The Morgan fingerprint density at radius 1 is 1.38 bits per heavy atom. The minimum Gasteiger partial charge on any atom is -0.299 e. The number of likely N-dealkylation sites (tertiary alicyclic amines) is 1. The zero-order valence-electron chi connectivity index (χ0n) is 7.54. The molecule has 0 atom stereocenters. The van der Waals surface area contributed by atoms with Crippen LogP contribution in [0.3, 0.4) is 0 Å². The predicted molar refractivity (Wildman–Crippen MR) is 56.4 cm³/mol. The van der Waals surface area contributed by atoms with Crippen molar-refractivity contribution >= 4 is 15.9 Å². The van der Waals surface area contributed by atoms with Crippen molar-refractivity contribution in [2.45, 2.75) is 19.4 Å². The molecule has 0 N–H and O–H groups in total. The van der Waals surface area contributed by atoms with Crippen molar-refractivity contribution in [2.24, 2.45) is 0 Å². The van der Waals surface area contributed by atoms with E-state index in [2.05, 4.69) is 25.8 Å². The summed E-state index contributed by atoms with van der Waals surface area (Å²) in [6.07, 6.45) is 6.45. The maximum atomic E-state index is 4.13. The van der Waals surface area contributed by atoms with Gasteiger partial charge in [-0.1, -0.05) is 15.9 Å². The first kappa shape index (κ1) is 9.16. The van der Waals surface area contributed by atoms with Crippen LogP contribution >= 0.6 is 15.9 Å². The Morgan fingerprint density at radius 3 is 2.85 bits per heavy atom. The Balaban J connectivity index is 2.04. The largest absolute Gasteiger partial charge is 0.299 e. The van der Waals surface area contributed by atoms with Crippen LogP contribution in [0.15, 0.2) is 22.9 Å². The second-order valence-electron chi connectivity index (χ2n) is 3.45. The molecule has 0 aromatic carbocycles. The fourth-order valence-electron chi connectivity index (χ4n) is 1.71. The van der Waals surface area contributed by atoms with Crippen molar-refractivity contribution in [3.05, 3.63) is 28.5 Å². The molecular weight excluding hydrogens is 228 g/mol. The Hall–Kier alpha value is -0.410. The van der Waals surface area contributed by atoms with Gasteiger partial charge in [-0.05, 0) is 37.6 Å². The lowest BCUT2D eigenvalue weighted by Gasteiger charge is -2.14. The summed E-state index contributed by atoms with van der Waals surface area (Å²) in [5, 5.41) is 0. The number of nitrogens with zero attached hydrogens (tertiary/aromatic N) is 2. The standard InChI is InChI=1S/C10H13BrN2/c11-10-3-4-12-7-9(10)8-13-5-1-2-6-13/h3-4,7H,1-2,5-6,8H2. The summed E-state index contributed by atoms with van der Waals surface area (Å²) in [6.45, 7) is 3.51. The Labute approximate surface area is 87.1 Å². The second-order valence-corrected chi connectivity index (χ2v) is 4.30. The van der Waals surface area contributed by atoms with E-state index in [1.54, 1.807) is 0 Å². The second kappa shape index (κ2) is 4.20. The fourth-order valence-corrected chi connectivity index (χ4v) is 2.05. The SMILES string of the molecule is Brc1ccncc1CN1CCCC1. The van der Waals surface area contributed by atoms with Crippen molar-refractivity contribution < 1.29 is 0 Å². The van der Waals surface area contributed by atoms with Crippen LogP contribution in [0.5, 0.6) is 0 Å². The molecule has 70 valence electrons. The van der Waals surface area contributed by atoms with Gasteiger partial charge in [0.1, 0.15) is 0 Å². The van der Waals surface area contributed by atoms with Crippen LogP contribution in [0.2, 0.25) is 0 Å². The summed E-state index contributed by atoms with van der Waals surface area (Å²) in [5.74, 6) is 0. The molecule has 1 aliphatic heterocycles. The number of pyridine rings is 1. The van der Waals surface area contributed by atoms with Gasteiger partial charge in [0, 0.05) is 23.4 Å². The molecule has 0 amide bonds. The predicted octanol–water partition coefficient (Wildman–Crippen LogP) is 2.44. The van der Waals surface area contributed by atoms with Crippen LogP contribution in [-0.4, -0.2) is 23.0 Å². The summed E-state index contributed by atoms with van der Waals surface area (Å²) in [7, 11) is 0. The summed E-state index contributed by atoms with van der Waals surface area (Å²) in [5.41, 5.74) is 1.30. The summed E-state index contributed by atoms with van der Waals surface area (Å²) < 4.78 is 1.18. The van der Waals surface area contributed by atoms with E-state index in [9.17, 15) is 0 Å². The minimum absolute atomic E-state index is 1.04. The highest BCUT2D eigenvalue weighted by atomic mass is 79.9. The van der Waals surface area contributed by atoms with Crippen LogP contribution < -0.4 is 0 Å². The normalized spacial score (nSPS) is 17.9. The van der Waals surface area contributed by atoms with E-state index in [1.165, 1.54) is 36.0 Å². The summed E-state index contributed by atoms with van der Waals surface area (Å²) >= 11 is 3.54. The zero-order chi connectivity index (χ0) is 9.10. The molecule has 0 unspecified atom stereocenters. The van der Waals surface area contributed by atoms with E-state index in [4.69, 9.17) is 0 Å². The molecule has 1 fully saturated rings. The number of hydrogen-bond donors (Lipinski definition) is 0. The fraction of sp³-hybridized carbons (Fsp3) is 0.500. The van der Waals surface area contributed by atoms with Crippen LogP contribution in [0.4, 0.5) is 0 Å². The average Bonchev–Trinajstić information content (AvgIpc) is 2.61. The quantitative estimate of drug-likeness (QED) is 0.790. The lowest BCUT2D eigenvalue weighted by atomic mass is 10.3. The molecule has 0 saturated carbocycles. The molecule has 1 aromatic rings. The van der Waals surface area contributed by atoms with Gasteiger partial charge in [-0.25, -0.2) is 0 Å². The summed E-state index contributed by atoms with van der Waals surface area (Å²) in [6, 6.07) is 2.01. The Bertz CT molecular complexity index is 282. The van der Waals surface area contributed by atoms with Crippen molar-refractivity contribution in [1.29, 1.82) is 0 Å². The topological polar surface area (TPSA) is 16.1 Å². The number of rotatable bonds is 2. The van der Waals surface area contributed by atoms with Gasteiger partial charge in [0.15, 0.2) is 0 Å². The van der Waals surface area contributed by atoms with Gasteiger partial charge in [0.05, 0.1) is 0 Å². The molecule has 3 heteroatoms. The van der Waals surface area contributed by atoms with Gasteiger partial charge < -0.3 is 0 Å². The molecule has 13 heavy (non-hydrogen) atoms. The first-order chi connectivity index (χ1) is 6.36. The zero-order valence-corrected chi connectivity index (χ0v) is 9.13. The van der Waals surface area contributed by atoms with Crippen LogP contribution in [0.1, 0.15) is 18.4 Å². The van der Waals surface area contributed by atoms with Gasteiger partial charge >= 0.3 is 0 Å². The Kier molecular flexibility index (Phi) is 2.96. The Morgan fingerprint density at radius 2 is 2.15 bits per heavy atom. The number of halogens is 1. The van der Waals surface area contributed by atoms with Crippen molar-refractivity contribution in [2.75, 3.05) is 13.1 Å². The number of hydrogen-bond acceptors (Lipinski definition) is 2. The minimum atomic E-state index is 1.04. The monoisotopic (exact) mass is 240 g/mol. The van der Waals surface area contributed by atoms with Crippen molar-refractivity contribution in [3.63, 3.8) is 0 Å².